The Morgan fingerprint density at radius 3 is 2.92 bits per heavy atom. The van der Waals surface area contributed by atoms with E-state index in [0.29, 0.717) is 0 Å². The van der Waals surface area contributed by atoms with Crippen molar-refractivity contribution in [3.05, 3.63) is 36.3 Å². The summed E-state index contributed by atoms with van der Waals surface area (Å²) in [7, 11) is 0. The van der Waals surface area contributed by atoms with Crippen LogP contribution in [0.25, 0.3) is 11.3 Å². The molecule has 0 bridgehead atoms. The third-order valence-corrected chi connectivity index (χ3v) is 1.68. The standard InChI is InChI=1S/C9H9N3/c1-7-3-2-4-9(12-7)8-5-10-11-6-8/h2-6H,1H3,(H,10,11). The summed E-state index contributed by atoms with van der Waals surface area (Å²) in [6.07, 6.45) is 3.60. The SMILES string of the molecule is Cc1cccc(-c2cn[nH]c2)n1. The molecule has 60 valence electrons. The maximum Gasteiger partial charge on any atom is 0.0736 e. The Morgan fingerprint density at radius 2 is 2.25 bits per heavy atom. The molecule has 0 aliphatic rings. The summed E-state index contributed by atoms with van der Waals surface area (Å²) < 4.78 is 0. The fourth-order valence-corrected chi connectivity index (χ4v) is 1.09. The van der Waals surface area contributed by atoms with Crippen molar-refractivity contribution in [2.45, 2.75) is 6.92 Å². The molecule has 0 amide bonds. The molecule has 3 heteroatoms. The van der Waals surface area contributed by atoms with Crippen LogP contribution in [-0.4, -0.2) is 15.2 Å². The summed E-state index contributed by atoms with van der Waals surface area (Å²) in [6, 6.07) is 5.94. The maximum absolute atomic E-state index is 4.36. The summed E-state index contributed by atoms with van der Waals surface area (Å²) in [6.45, 7) is 1.98. The number of rotatable bonds is 1. The van der Waals surface area contributed by atoms with Gasteiger partial charge in [-0.15, -0.1) is 0 Å². The number of hydrogen-bond acceptors (Lipinski definition) is 2. The van der Waals surface area contributed by atoms with E-state index in [2.05, 4.69) is 15.2 Å². The zero-order chi connectivity index (χ0) is 8.39. The average molecular weight is 159 g/mol. The van der Waals surface area contributed by atoms with Crippen LogP contribution in [0.1, 0.15) is 5.69 Å². The number of H-pyrrole nitrogens is 1. The highest BCUT2D eigenvalue weighted by Crippen LogP contribution is 2.13. The first-order valence-corrected chi connectivity index (χ1v) is 3.79. The van der Waals surface area contributed by atoms with E-state index in [1.54, 1.807) is 6.20 Å². The fraction of sp³-hybridized carbons (Fsp3) is 0.111. The highest BCUT2D eigenvalue weighted by Gasteiger charge is 1.98. The lowest BCUT2D eigenvalue weighted by Gasteiger charge is -1.96. The van der Waals surface area contributed by atoms with Crippen molar-refractivity contribution in [2.75, 3.05) is 0 Å². The molecule has 3 nitrogen and oxygen atoms in total. The first-order valence-electron chi connectivity index (χ1n) is 3.79. The van der Waals surface area contributed by atoms with Gasteiger partial charge in [0.2, 0.25) is 0 Å². The van der Waals surface area contributed by atoms with E-state index >= 15 is 0 Å². The summed E-state index contributed by atoms with van der Waals surface area (Å²) in [5, 5.41) is 6.62. The molecule has 12 heavy (non-hydrogen) atoms. The van der Waals surface area contributed by atoms with Gasteiger partial charge < -0.3 is 0 Å². The van der Waals surface area contributed by atoms with Crippen LogP contribution in [0.2, 0.25) is 0 Å². The quantitative estimate of drug-likeness (QED) is 0.689. The molecule has 0 spiro atoms. The molecule has 0 atom stereocenters. The number of aromatic amines is 1. The van der Waals surface area contributed by atoms with E-state index in [9.17, 15) is 0 Å². The molecular weight excluding hydrogens is 150 g/mol. The highest BCUT2D eigenvalue weighted by atomic mass is 15.1. The second-order valence-corrected chi connectivity index (χ2v) is 2.65. The Morgan fingerprint density at radius 1 is 1.33 bits per heavy atom. The minimum Gasteiger partial charge on any atom is -0.285 e. The molecule has 0 unspecified atom stereocenters. The topological polar surface area (TPSA) is 41.6 Å². The van der Waals surface area contributed by atoms with Crippen molar-refractivity contribution in [3.63, 3.8) is 0 Å². The lowest BCUT2D eigenvalue weighted by atomic mass is 10.2. The minimum atomic E-state index is 0.962. The molecule has 0 aromatic carbocycles. The third-order valence-electron chi connectivity index (χ3n) is 1.68. The minimum absolute atomic E-state index is 0.962. The van der Waals surface area contributed by atoms with Crippen LogP contribution < -0.4 is 0 Å². The van der Waals surface area contributed by atoms with Crippen molar-refractivity contribution in [3.8, 4) is 11.3 Å². The van der Waals surface area contributed by atoms with Crippen LogP contribution in [0.15, 0.2) is 30.6 Å². The molecule has 0 aliphatic heterocycles. The highest BCUT2D eigenvalue weighted by molar-refractivity contribution is 5.56. The van der Waals surface area contributed by atoms with Crippen LogP contribution in [-0.2, 0) is 0 Å². The van der Waals surface area contributed by atoms with Crippen LogP contribution in [0.4, 0.5) is 0 Å². The van der Waals surface area contributed by atoms with Crippen LogP contribution in [0.3, 0.4) is 0 Å². The number of pyridine rings is 1. The van der Waals surface area contributed by atoms with Crippen LogP contribution >= 0.6 is 0 Å². The Kier molecular flexibility index (Phi) is 1.63. The van der Waals surface area contributed by atoms with E-state index in [4.69, 9.17) is 0 Å². The first kappa shape index (κ1) is 7.03. The molecule has 0 saturated heterocycles. The third kappa shape index (κ3) is 1.21. The van der Waals surface area contributed by atoms with Gasteiger partial charge in [-0.2, -0.15) is 5.10 Å². The van der Waals surface area contributed by atoms with Gasteiger partial charge in [0.25, 0.3) is 0 Å². The van der Waals surface area contributed by atoms with E-state index in [1.165, 1.54) is 0 Å². The van der Waals surface area contributed by atoms with Gasteiger partial charge in [0, 0.05) is 17.5 Å². The van der Waals surface area contributed by atoms with E-state index < -0.39 is 0 Å². The monoisotopic (exact) mass is 159 g/mol. The van der Waals surface area contributed by atoms with Crippen LogP contribution in [0, 0.1) is 6.92 Å². The molecule has 0 fully saturated rings. The van der Waals surface area contributed by atoms with Gasteiger partial charge >= 0.3 is 0 Å². The van der Waals surface area contributed by atoms with Gasteiger partial charge in [0.05, 0.1) is 11.9 Å². The van der Waals surface area contributed by atoms with Crippen molar-refractivity contribution >= 4 is 0 Å². The Labute approximate surface area is 70.5 Å². The molecule has 0 aliphatic carbocycles. The van der Waals surface area contributed by atoms with Gasteiger partial charge in [-0.05, 0) is 19.1 Å². The maximum atomic E-state index is 4.36. The zero-order valence-electron chi connectivity index (χ0n) is 6.78. The largest absolute Gasteiger partial charge is 0.285 e. The summed E-state index contributed by atoms with van der Waals surface area (Å²) >= 11 is 0. The van der Waals surface area contributed by atoms with Crippen molar-refractivity contribution in [2.24, 2.45) is 0 Å². The molecule has 2 heterocycles. The van der Waals surface area contributed by atoms with Crippen molar-refractivity contribution in [1.29, 1.82) is 0 Å². The second kappa shape index (κ2) is 2.77. The normalized spacial score (nSPS) is 10.1. The Hall–Kier alpha value is -1.64. The molecule has 2 aromatic rings. The smallest absolute Gasteiger partial charge is 0.0736 e. The number of hydrogen-bond donors (Lipinski definition) is 1. The molecule has 0 radical (unpaired) electrons. The first-order chi connectivity index (χ1) is 5.86. The summed E-state index contributed by atoms with van der Waals surface area (Å²) in [5.41, 5.74) is 3.01. The molecular formula is C9H9N3. The van der Waals surface area contributed by atoms with Gasteiger partial charge in [-0.1, -0.05) is 6.07 Å². The van der Waals surface area contributed by atoms with E-state index in [-0.39, 0.29) is 0 Å². The predicted octanol–water partition coefficient (Wildman–Crippen LogP) is 1.78. The van der Waals surface area contributed by atoms with Gasteiger partial charge in [0.15, 0.2) is 0 Å². The fourth-order valence-electron chi connectivity index (χ4n) is 1.09. The number of aromatic nitrogens is 3. The van der Waals surface area contributed by atoms with Crippen LogP contribution in [0.5, 0.6) is 0 Å². The van der Waals surface area contributed by atoms with Gasteiger partial charge in [-0.25, -0.2) is 0 Å². The Bertz CT molecular complexity index is 365. The van der Waals surface area contributed by atoms with Crippen molar-refractivity contribution in [1.82, 2.24) is 15.2 Å². The van der Waals surface area contributed by atoms with Crippen molar-refractivity contribution < 1.29 is 0 Å². The summed E-state index contributed by atoms with van der Waals surface area (Å²) in [4.78, 5) is 4.36. The second-order valence-electron chi connectivity index (χ2n) is 2.65. The van der Waals surface area contributed by atoms with E-state index in [0.717, 1.165) is 17.0 Å². The molecule has 0 saturated carbocycles. The Balaban J connectivity index is 2.48. The van der Waals surface area contributed by atoms with Gasteiger partial charge in [0.1, 0.15) is 0 Å². The van der Waals surface area contributed by atoms with E-state index in [1.807, 2.05) is 31.3 Å². The predicted molar refractivity (Wildman–Crippen MR) is 46.6 cm³/mol. The van der Waals surface area contributed by atoms with Gasteiger partial charge in [-0.3, -0.25) is 10.1 Å². The lowest BCUT2D eigenvalue weighted by molar-refractivity contribution is 1.09. The average Bonchev–Trinajstić information content (AvgIpc) is 2.56. The molecule has 2 aromatic heterocycles. The lowest BCUT2D eigenvalue weighted by Crippen LogP contribution is -1.83. The molecule has 2 rings (SSSR count). The number of nitrogens with zero attached hydrogens (tertiary/aromatic N) is 2. The number of nitrogens with one attached hydrogen (secondary N) is 1. The number of aryl methyl sites for hydroxylation is 1. The zero-order valence-corrected chi connectivity index (χ0v) is 6.78. The summed E-state index contributed by atoms with van der Waals surface area (Å²) in [5.74, 6) is 0. The molecule has 1 N–H and O–H groups in total.